The second-order valence-electron chi connectivity index (χ2n) is 8.64. The van der Waals surface area contributed by atoms with Crippen LogP contribution in [0.15, 0.2) is 60.7 Å². The van der Waals surface area contributed by atoms with Crippen LogP contribution in [-0.2, 0) is 11.3 Å². The minimum atomic E-state index is -0.0514. The van der Waals surface area contributed by atoms with Gasteiger partial charge in [0.15, 0.2) is 5.82 Å². The number of rotatable bonds is 8. The van der Waals surface area contributed by atoms with E-state index < -0.39 is 0 Å². The zero-order valence-corrected chi connectivity index (χ0v) is 19.5. The Labute approximate surface area is 196 Å². The number of anilines is 1. The monoisotopic (exact) mass is 444 g/mol. The van der Waals surface area contributed by atoms with E-state index in [0.717, 1.165) is 54.2 Å². The molecule has 6 nitrogen and oxygen atoms in total. The number of hydrogen-bond acceptors (Lipinski definition) is 5. The summed E-state index contributed by atoms with van der Waals surface area (Å²) < 4.78 is 5.62. The maximum Gasteiger partial charge on any atom is 0.225 e. The normalized spacial score (nSPS) is 15.8. The van der Waals surface area contributed by atoms with Crippen LogP contribution in [0.2, 0.25) is 0 Å². The van der Waals surface area contributed by atoms with Crippen LogP contribution in [0.25, 0.3) is 11.3 Å². The lowest BCUT2D eigenvalue weighted by molar-refractivity contribution is -0.125. The van der Waals surface area contributed by atoms with Gasteiger partial charge in [0.25, 0.3) is 0 Å². The van der Waals surface area contributed by atoms with Gasteiger partial charge in [0.1, 0.15) is 5.75 Å². The van der Waals surface area contributed by atoms with Gasteiger partial charge in [-0.1, -0.05) is 48.9 Å². The number of ether oxygens (including phenoxy) is 1. The molecule has 1 aromatic heterocycles. The zero-order valence-electron chi connectivity index (χ0n) is 19.5. The number of carbonyl (C=O) groups is 1. The summed E-state index contributed by atoms with van der Waals surface area (Å²) in [6.07, 6.45) is 2.84. The van der Waals surface area contributed by atoms with Gasteiger partial charge >= 0.3 is 0 Å². The standard InChI is InChI=1S/C27H32N4O2/c1-3-17-33-24-12-8-21(9-13-24)18-28-27(32)23-5-4-16-31(19-23)26-15-14-25(29-30-26)22-10-6-20(2)7-11-22/h6-15,23H,3-5,16-19H2,1-2H3,(H,28,32)/t23-/m0/s1. The Morgan fingerprint density at radius 3 is 2.55 bits per heavy atom. The number of nitrogens with zero attached hydrogens (tertiary/aromatic N) is 3. The molecule has 3 aromatic rings. The molecule has 2 heterocycles. The van der Waals surface area contributed by atoms with Gasteiger partial charge in [0.2, 0.25) is 5.91 Å². The zero-order chi connectivity index (χ0) is 23.0. The summed E-state index contributed by atoms with van der Waals surface area (Å²) in [5, 5.41) is 12.0. The summed E-state index contributed by atoms with van der Waals surface area (Å²) in [5.74, 6) is 1.73. The highest BCUT2D eigenvalue weighted by molar-refractivity contribution is 5.79. The van der Waals surface area contributed by atoms with E-state index in [2.05, 4.69) is 58.5 Å². The maximum absolute atomic E-state index is 12.8. The van der Waals surface area contributed by atoms with Crippen molar-refractivity contribution >= 4 is 11.7 Å². The molecule has 0 saturated carbocycles. The molecule has 1 atom stereocenters. The Morgan fingerprint density at radius 2 is 1.85 bits per heavy atom. The first-order chi connectivity index (χ1) is 16.1. The number of hydrogen-bond donors (Lipinski definition) is 1. The van der Waals surface area contributed by atoms with Gasteiger partial charge in [-0.25, -0.2) is 0 Å². The third kappa shape index (κ3) is 6.09. The van der Waals surface area contributed by atoms with Gasteiger partial charge in [0.05, 0.1) is 18.2 Å². The molecule has 2 aromatic carbocycles. The van der Waals surface area contributed by atoms with Crippen LogP contribution < -0.4 is 15.0 Å². The molecule has 1 aliphatic heterocycles. The van der Waals surface area contributed by atoms with Crippen LogP contribution in [0.3, 0.4) is 0 Å². The Kier molecular flexibility index (Phi) is 7.55. The third-order valence-electron chi connectivity index (χ3n) is 5.98. The fourth-order valence-corrected chi connectivity index (χ4v) is 4.03. The Hall–Kier alpha value is -3.41. The molecule has 0 unspecified atom stereocenters. The lowest BCUT2D eigenvalue weighted by Gasteiger charge is -2.32. The molecular weight excluding hydrogens is 412 g/mol. The number of benzene rings is 2. The van der Waals surface area contributed by atoms with Crippen molar-refractivity contribution in [2.75, 3.05) is 24.6 Å². The molecule has 172 valence electrons. The van der Waals surface area contributed by atoms with Crippen molar-refractivity contribution in [3.63, 3.8) is 0 Å². The first-order valence-corrected chi connectivity index (χ1v) is 11.8. The lowest BCUT2D eigenvalue weighted by Crippen LogP contribution is -2.43. The van der Waals surface area contributed by atoms with Crippen molar-refractivity contribution in [2.24, 2.45) is 5.92 Å². The molecule has 1 saturated heterocycles. The van der Waals surface area contributed by atoms with E-state index in [1.54, 1.807) is 0 Å². The van der Waals surface area contributed by atoms with E-state index in [9.17, 15) is 4.79 Å². The van der Waals surface area contributed by atoms with Crippen LogP contribution >= 0.6 is 0 Å². The summed E-state index contributed by atoms with van der Waals surface area (Å²) >= 11 is 0. The van der Waals surface area contributed by atoms with E-state index in [0.29, 0.717) is 19.7 Å². The highest BCUT2D eigenvalue weighted by atomic mass is 16.5. The SMILES string of the molecule is CCCOc1ccc(CNC(=O)[C@H]2CCCN(c3ccc(-c4ccc(C)cc4)nn3)C2)cc1. The maximum atomic E-state index is 12.8. The molecule has 1 fully saturated rings. The van der Waals surface area contributed by atoms with Gasteiger partial charge < -0.3 is 15.0 Å². The molecule has 1 amide bonds. The van der Waals surface area contributed by atoms with Gasteiger partial charge in [0, 0.05) is 25.2 Å². The van der Waals surface area contributed by atoms with E-state index in [1.165, 1.54) is 5.56 Å². The van der Waals surface area contributed by atoms with Crippen molar-refractivity contribution in [1.29, 1.82) is 0 Å². The second kappa shape index (κ2) is 10.9. The van der Waals surface area contributed by atoms with Gasteiger partial charge in [-0.15, -0.1) is 10.2 Å². The molecule has 33 heavy (non-hydrogen) atoms. The highest BCUT2D eigenvalue weighted by Crippen LogP contribution is 2.24. The number of nitrogens with one attached hydrogen (secondary N) is 1. The fourth-order valence-electron chi connectivity index (χ4n) is 4.03. The molecule has 6 heteroatoms. The number of aryl methyl sites for hydroxylation is 1. The number of aromatic nitrogens is 2. The third-order valence-corrected chi connectivity index (χ3v) is 5.98. The molecule has 4 rings (SSSR count). The first-order valence-electron chi connectivity index (χ1n) is 11.8. The minimum absolute atomic E-state index is 0.0514. The Bertz CT molecular complexity index is 1030. The van der Waals surface area contributed by atoms with Gasteiger partial charge in [-0.05, 0) is 56.0 Å². The van der Waals surface area contributed by atoms with Crippen LogP contribution in [0.5, 0.6) is 5.75 Å². The number of piperidine rings is 1. The molecule has 0 radical (unpaired) electrons. The second-order valence-corrected chi connectivity index (χ2v) is 8.64. The minimum Gasteiger partial charge on any atom is -0.494 e. The Balaban J connectivity index is 1.31. The summed E-state index contributed by atoms with van der Waals surface area (Å²) in [4.78, 5) is 15.0. The summed E-state index contributed by atoms with van der Waals surface area (Å²) in [6.45, 7) is 6.95. The molecule has 0 spiro atoms. The van der Waals surface area contributed by atoms with E-state index >= 15 is 0 Å². The van der Waals surface area contributed by atoms with Gasteiger partial charge in [-0.3, -0.25) is 4.79 Å². The highest BCUT2D eigenvalue weighted by Gasteiger charge is 2.26. The summed E-state index contributed by atoms with van der Waals surface area (Å²) in [7, 11) is 0. The van der Waals surface area contributed by atoms with E-state index in [4.69, 9.17) is 4.74 Å². The number of amides is 1. The molecule has 0 aliphatic carbocycles. The fraction of sp³-hybridized carbons (Fsp3) is 0.370. The molecule has 1 N–H and O–H groups in total. The predicted molar refractivity (Wildman–Crippen MR) is 131 cm³/mol. The van der Waals surface area contributed by atoms with Crippen molar-refractivity contribution in [3.05, 3.63) is 71.8 Å². The van der Waals surface area contributed by atoms with Gasteiger partial charge in [-0.2, -0.15) is 0 Å². The number of carbonyl (C=O) groups excluding carboxylic acids is 1. The van der Waals surface area contributed by atoms with Crippen molar-refractivity contribution in [1.82, 2.24) is 15.5 Å². The topological polar surface area (TPSA) is 67.3 Å². The summed E-state index contributed by atoms with van der Waals surface area (Å²) in [5.41, 5.74) is 4.20. The van der Waals surface area contributed by atoms with Crippen molar-refractivity contribution in [3.8, 4) is 17.0 Å². The average Bonchev–Trinajstić information content (AvgIpc) is 2.87. The van der Waals surface area contributed by atoms with Crippen LogP contribution in [0.4, 0.5) is 5.82 Å². The van der Waals surface area contributed by atoms with Crippen LogP contribution in [0, 0.1) is 12.8 Å². The largest absolute Gasteiger partial charge is 0.494 e. The van der Waals surface area contributed by atoms with Crippen molar-refractivity contribution in [2.45, 2.75) is 39.7 Å². The quantitative estimate of drug-likeness (QED) is 0.542. The molecular formula is C27H32N4O2. The lowest BCUT2D eigenvalue weighted by atomic mass is 9.97. The first kappa shape index (κ1) is 22.8. The van der Waals surface area contributed by atoms with Crippen molar-refractivity contribution < 1.29 is 9.53 Å². The molecule has 0 bridgehead atoms. The smallest absolute Gasteiger partial charge is 0.225 e. The predicted octanol–water partition coefficient (Wildman–Crippen LogP) is 4.77. The average molecular weight is 445 g/mol. The Morgan fingerprint density at radius 1 is 1.06 bits per heavy atom. The van der Waals surface area contributed by atoms with E-state index in [1.807, 2.05) is 36.4 Å². The van der Waals surface area contributed by atoms with Crippen LogP contribution in [-0.4, -0.2) is 35.8 Å². The van der Waals surface area contributed by atoms with Crippen LogP contribution in [0.1, 0.15) is 37.3 Å². The molecule has 1 aliphatic rings. The van der Waals surface area contributed by atoms with E-state index in [-0.39, 0.29) is 11.8 Å². The summed E-state index contributed by atoms with van der Waals surface area (Å²) in [6, 6.07) is 20.2.